The van der Waals surface area contributed by atoms with Gasteiger partial charge in [-0.3, -0.25) is 0 Å². The van der Waals surface area contributed by atoms with Gasteiger partial charge in [-0.1, -0.05) is 27.7 Å². The van der Waals surface area contributed by atoms with E-state index in [1.165, 1.54) is 12.8 Å². The quantitative estimate of drug-likeness (QED) is 0.353. The Morgan fingerprint density at radius 3 is 1.27 bits per heavy atom. The van der Waals surface area contributed by atoms with Gasteiger partial charge in [-0.05, 0) is 63.2 Å². The van der Waals surface area contributed by atoms with E-state index in [1.54, 1.807) is 0 Å². The van der Waals surface area contributed by atoms with Gasteiger partial charge in [-0.25, -0.2) is 9.97 Å². The lowest BCUT2D eigenvalue weighted by Crippen LogP contribution is -2.35. The van der Waals surface area contributed by atoms with Gasteiger partial charge in [-0.2, -0.15) is 9.97 Å². The first-order valence-corrected chi connectivity index (χ1v) is 15.7. The number of rotatable bonds is 14. The first-order valence-electron chi connectivity index (χ1n) is 15.7. The van der Waals surface area contributed by atoms with Crippen molar-refractivity contribution in [3.8, 4) is 0 Å². The fourth-order valence-electron chi connectivity index (χ4n) is 5.59. The van der Waals surface area contributed by atoms with Crippen LogP contribution in [0.1, 0.15) is 79.1 Å². The predicted octanol–water partition coefficient (Wildman–Crippen LogP) is 4.09. The second-order valence-corrected chi connectivity index (χ2v) is 12.3. The van der Waals surface area contributed by atoms with Gasteiger partial charge in [0, 0.05) is 52.4 Å². The Morgan fingerprint density at radius 2 is 0.950 bits per heavy atom. The lowest BCUT2D eigenvalue weighted by Gasteiger charge is -2.32. The maximum Gasteiger partial charge on any atom is 0.228 e. The summed E-state index contributed by atoms with van der Waals surface area (Å²) in [7, 11) is 0. The summed E-state index contributed by atoms with van der Waals surface area (Å²) in [5.41, 5.74) is 1.49. The van der Waals surface area contributed by atoms with E-state index in [2.05, 4.69) is 47.3 Å². The number of aromatic nitrogens is 4. The average molecular weight is 557 g/mol. The minimum Gasteiger partial charge on any atom is -0.395 e. The van der Waals surface area contributed by atoms with Gasteiger partial charge >= 0.3 is 0 Å². The van der Waals surface area contributed by atoms with Crippen molar-refractivity contribution in [3.05, 3.63) is 0 Å². The van der Waals surface area contributed by atoms with Crippen LogP contribution in [0.25, 0.3) is 11.0 Å². The molecule has 10 heteroatoms. The molecule has 2 aromatic rings. The summed E-state index contributed by atoms with van der Waals surface area (Å²) < 4.78 is 0. The highest BCUT2D eigenvalue weighted by Crippen LogP contribution is 2.34. The molecule has 2 aliphatic rings. The molecule has 0 saturated carbocycles. The molecule has 0 unspecified atom stereocenters. The molecule has 0 radical (unpaired) electrons. The smallest absolute Gasteiger partial charge is 0.228 e. The monoisotopic (exact) mass is 556 g/mol. The van der Waals surface area contributed by atoms with Gasteiger partial charge in [-0.15, -0.1) is 0 Å². The highest BCUT2D eigenvalue weighted by Gasteiger charge is 2.27. The van der Waals surface area contributed by atoms with Crippen molar-refractivity contribution in [2.45, 2.75) is 79.1 Å². The van der Waals surface area contributed by atoms with Crippen LogP contribution in [0.3, 0.4) is 0 Å². The molecule has 2 N–H and O–H groups in total. The number of fused-ring (bicyclic) bond motifs is 1. The number of hydrogen-bond donors (Lipinski definition) is 2. The van der Waals surface area contributed by atoms with E-state index in [9.17, 15) is 10.2 Å². The van der Waals surface area contributed by atoms with E-state index in [1.807, 2.05) is 0 Å². The highest BCUT2D eigenvalue weighted by molar-refractivity contribution is 5.95. The van der Waals surface area contributed by atoms with Crippen LogP contribution in [0.4, 0.5) is 23.5 Å². The number of piperidine rings is 2. The Kier molecular flexibility index (Phi) is 11.4. The van der Waals surface area contributed by atoms with Gasteiger partial charge in [0.25, 0.3) is 0 Å². The Hall–Kier alpha value is -2.46. The maximum absolute atomic E-state index is 10.1. The molecule has 0 aliphatic carbocycles. The van der Waals surface area contributed by atoms with E-state index >= 15 is 0 Å². The van der Waals surface area contributed by atoms with Crippen LogP contribution >= 0.6 is 0 Å². The summed E-state index contributed by atoms with van der Waals surface area (Å²) in [4.78, 5) is 29.7. The standard InChI is InChI=1S/C30H52N8O2/c1-23(2)11-17-35(19-21-39)27-25-26(32-29(33-27)37-13-7-5-8-14-37)28(36(20-22-40)18-12-24(3)4)34-30(31-25)38-15-9-6-10-16-38/h23-24,39-40H,5-22H2,1-4H3. The Balaban J connectivity index is 1.93. The van der Waals surface area contributed by atoms with Gasteiger partial charge in [0.05, 0.1) is 13.2 Å². The summed E-state index contributed by atoms with van der Waals surface area (Å²) in [6, 6.07) is 0. The summed E-state index contributed by atoms with van der Waals surface area (Å²) in [5, 5.41) is 20.1. The van der Waals surface area contributed by atoms with Crippen molar-refractivity contribution in [3.63, 3.8) is 0 Å². The van der Waals surface area contributed by atoms with E-state index in [0.717, 1.165) is 112 Å². The van der Waals surface area contributed by atoms with Gasteiger partial charge in [0.15, 0.2) is 11.6 Å². The van der Waals surface area contributed by atoms with Crippen LogP contribution in [0, 0.1) is 11.8 Å². The molecule has 2 aromatic heterocycles. The minimum absolute atomic E-state index is 0.0462. The zero-order valence-electron chi connectivity index (χ0n) is 25.4. The van der Waals surface area contributed by atoms with Crippen LogP contribution in [0.2, 0.25) is 0 Å². The lowest BCUT2D eigenvalue weighted by atomic mass is 10.1. The zero-order chi connectivity index (χ0) is 28.5. The molecule has 40 heavy (non-hydrogen) atoms. The molecule has 224 valence electrons. The van der Waals surface area contributed by atoms with E-state index < -0.39 is 0 Å². The van der Waals surface area contributed by atoms with Gasteiger partial charge < -0.3 is 29.8 Å². The zero-order valence-corrected chi connectivity index (χ0v) is 25.4. The largest absolute Gasteiger partial charge is 0.395 e. The lowest BCUT2D eigenvalue weighted by molar-refractivity contribution is 0.300. The van der Waals surface area contributed by atoms with Crippen molar-refractivity contribution >= 4 is 34.6 Å². The second-order valence-electron chi connectivity index (χ2n) is 12.3. The third-order valence-corrected chi connectivity index (χ3v) is 8.05. The number of aliphatic hydroxyl groups excluding tert-OH is 2. The van der Waals surface area contributed by atoms with Crippen LogP contribution in [-0.2, 0) is 0 Å². The average Bonchev–Trinajstić information content (AvgIpc) is 2.97. The molecule has 0 aromatic carbocycles. The number of anilines is 4. The number of aliphatic hydroxyl groups is 2. The minimum atomic E-state index is 0.0462. The third-order valence-electron chi connectivity index (χ3n) is 8.05. The second kappa shape index (κ2) is 15.0. The van der Waals surface area contributed by atoms with Crippen molar-refractivity contribution in [1.82, 2.24) is 19.9 Å². The van der Waals surface area contributed by atoms with E-state index in [-0.39, 0.29) is 13.2 Å². The van der Waals surface area contributed by atoms with Crippen LogP contribution in [0.5, 0.6) is 0 Å². The summed E-state index contributed by atoms with van der Waals surface area (Å²) in [6.45, 7) is 15.3. The number of hydrogen-bond acceptors (Lipinski definition) is 10. The van der Waals surface area contributed by atoms with Crippen molar-refractivity contribution in [2.75, 3.05) is 85.2 Å². The van der Waals surface area contributed by atoms with Crippen molar-refractivity contribution in [1.29, 1.82) is 0 Å². The summed E-state index contributed by atoms with van der Waals surface area (Å²) >= 11 is 0. The highest BCUT2D eigenvalue weighted by atomic mass is 16.3. The fraction of sp³-hybridized carbons (Fsp3) is 0.800. The first-order chi connectivity index (χ1) is 19.4. The van der Waals surface area contributed by atoms with Crippen LogP contribution in [-0.4, -0.2) is 95.7 Å². The van der Waals surface area contributed by atoms with Gasteiger partial charge in [0.2, 0.25) is 11.9 Å². The predicted molar refractivity (Wildman–Crippen MR) is 165 cm³/mol. The SMILES string of the molecule is CC(C)CCN(CCO)c1nc(N2CCCCC2)nc2c(N(CCO)CCC(C)C)nc(N3CCCCC3)nc12. The topological polar surface area (TPSA) is 105 Å². The summed E-state index contributed by atoms with van der Waals surface area (Å²) in [5.74, 6) is 4.07. The fourth-order valence-corrected chi connectivity index (χ4v) is 5.59. The van der Waals surface area contributed by atoms with Crippen molar-refractivity contribution < 1.29 is 10.2 Å². The molecule has 4 rings (SSSR count). The summed E-state index contributed by atoms with van der Waals surface area (Å²) in [6.07, 6.45) is 8.97. The first kappa shape index (κ1) is 30.5. The van der Waals surface area contributed by atoms with Crippen LogP contribution < -0.4 is 19.6 Å². The molecular weight excluding hydrogens is 504 g/mol. The molecule has 4 heterocycles. The Morgan fingerprint density at radius 1 is 0.575 bits per heavy atom. The van der Waals surface area contributed by atoms with E-state index in [4.69, 9.17) is 19.9 Å². The molecule has 0 amide bonds. The molecule has 0 spiro atoms. The molecule has 2 aliphatic heterocycles. The van der Waals surface area contributed by atoms with Crippen LogP contribution in [0.15, 0.2) is 0 Å². The normalized spacial score (nSPS) is 16.4. The van der Waals surface area contributed by atoms with Crippen molar-refractivity contribution in [2.24, 2.45) is 11.8 Å². The molecule has 0 atom stereocenters. The molecule has 10 nitrogen and oxygen atoms in total. The van der Waals surface area contributed by atoms with Gasteiger partial charge in [0.1, 0.15) is 11.0 Å². The molecule has 2 saturated heterocycles. The maximum atomic E-state index is 10.1. The molecule has 0 bridgehead atoms. The van der Waals surface area contributed by atoms with E-state index in [0.29, 0.717) is 24.9 Å². The number of nitrogens with zero attached hydrogens (tertiary/aromatic N) is 8. The Bertz CT molecular complexity index is 970. The molecule has 2 fully saturated rings. The third kappa shape index (κ3) is 7.84. The Labute approximate surface area is 240 Å². The molecular formula is C30H52N8O2.